The smallest absolute Gasteiger partial charge is 0.231 e. The quantitative estimate of drug-likeness (QED) is 0.691. The van der Waals surface area contributed by atoms with Crippen molar-refractivity contribution in [3.8, 4) is 22.6 Å². The fraction of sp³-hybridized carbons (Fsp3) is 0.100. The first-order chi connectivity index (χ1) is 11.3. The summed E-state index contributed by atoms with van der Waals surface area (Å²) in [5.74, 6) is 1.27. The van der Waals surface area contributed by atoms with Crippen molar-refractivity contribution in [2.24, 2.45) is 0 Å². The summed E-state index contributed by atoms with van der Waals surface area (Å²) in [6, 6.07) is 20.8. The molecule has 0 fully saturated rings. The minimum absolute atomic E-state index is 0.191. The molecule has 0 bridgehead atoms. The third-order valence-corrected chi connectivity index (χ3v) is 4.02. The van der Waals surface area contributed by atoms with Gasteiger partial charge in [0.05, 0.1) is 0 Å². The van der Waals surface area contributed by atoms with Crippen LogP contribution in [0.1, 0.15) is 11.1 Å². The van der Waals surface area contributed by atoms with E-state index < -0.39 is 0 Å². The average molecular weight is 306 g/mol. The first kappa shape index (κ1) is 13.8. The molecule has 3 aromatic carbocycles. The maximum absolute atomic E-state index is 14.4. The van der Waals surface area contributed by atoms with Gasteiger partial charge >= 0.3 is 0 Å². The van der Waals surface area contributed by atoms with Gasteiger partial charge < -0.3 is 9.47 Å². The zero-order valence-electron chi connectivity index (χ0n) is 12.5. The Balaban J connectivity index is 1.74. The summed E-state index contributed by atoms with van der Waals surface area (Å²) in [5.41, 5.74) is 3.63. The molecule has 1 aliphatic heterocycles. The zero-order chi connectivity index (χ0) is 15.6. The van der Waals surface area contributed by atoms with Crippen LogP contribution in [-0.2, 0) is 6.42 Å². The molecule has 0 atom stereocenters. The Kier molecular flexibility index (Phi) is 3.46. The third-order valence-electron chi connectivity index (χ3n) is 4.02. The zero-order valence-corrected chi connectivity index (χ0v) is 12.5. The van der Waals surface area contributed by atoms with Crippen molar-refractivity contribution in [1.29, 1.82) is 0 Å². The van der Waals surface area contributed by atoms with E-state index in [-0.39, 0.29) is 12.6 Å². The van der Waals surface area contributed by atoms with Crippen molar-refractivity contribution >= 4 is 0 Å². The number of benzene rings is 3. The molecule has 0 aromatic heterocycles. The second kappa shape index (κ2) is 5.76. The summed E-state index contributed by atoms with van der Waals surface area (Å²) in [5, 5.41) is 0. The Morgan fingerprint density at radius 2 is 1.65 bits per heavy atom. The van der Waals surface area contributed by atoms with Gasteiger partial charge in [0, 0.05) is 12.0 Å². The predicted molar refractivity (Wildman–Crippen MR) is 87.2 cm³/mol. The SMILES string of the molecule is Fc1cccc(-c2ccccc2)c1Cc1ccc2c(c1)OCO2. The molecule has 0 saturated heterocycles. The highest BCUT2D eigenvalue weighted by atomic mass is 19.1. The number of hydrogen-bond donors (Lipinski definition) is 0. The van der Waals surface area contributed by atoms with E-state index in [0.717, 1.165) is 28.2 Å². The molecule has 0 N–H and O–H groups in total. The van der Waals surface area contributed by atoms with Gasteiger partial charge in [0.2, 0.25) is 6.79 Å². The second-order valence-electron chi connectivity index (χ2n) is 5.50. The Hall–Kier alpha value is -2.81. The van der Waals surface area contributed by atoms with Crippen molar-refractivity contribution in [1.82, 2.24) is 0 Å². The summed E-state index contributed by atoms with van der Waals surface area (Å²) in [6.07, 6.45) is 0.507. The van der Waals surface area contributed by atoms with Gasteiger partial charge in [-0.2, -0.15) is 0 Å². The monoisotopic (exact) mass is 306 g/mol. The summed E-state index contributed by atoms with van der Waals surface area (Å²) < 4.78 is 25.2. The van der Waals surface area contributed by atoms with Crippen LogP contribution in [0.5, 0.6) is 11.5 Å². The fourth-order valence-corrected chi connectivity index (χ4v) is 2.88. The van der Waals surface area contributed by atoms with Crippen LogP contribution in [0.3, 0.4) is 0 Å². The van der Waals surface area contributed by atoms with Crippen molar-refractivity contribution in [2.45, 2.75) is 6.42 Å². The molecule has 0 radical (unpaired) electrons. The number of halogens is 1. The Morgan fingerprint density at radius 1 is 0.826 bits per heavy atom. The minimum Gasteiger partial charge on any atom is -0.454 e. The topological polar surface area (TPSA) is 18.5 Å². The Labute approximate surface area is 134 Å². The molecule has 0 spiro atoms. The fourth-order valence-electron chi connectivity index (χ4n) is 2.88. The summed E-state index contributed by atoms with van der Waals surface area (Å²) in [4.78, 5) is 0. The van der Waals surface area contributed by atoms with Crippen LogP contribution in [0.15, 0.2) is 66.7 Å². The Morgan fingerprint density at radius 3 is 2.52 bits per heavy atom. The van der Waals surface area contributed by atoms with Gasteiger partial charge in [-0.25, -0.2) is 4.39 Å². The third kappa shape index (κ3) is 2.66. The molecular weight excluding hydrogens is 291 g/mol. The molecule has 2 nitrogen and oxygen atoms in total. The number of fused-ring (bicyclic) bond motifs is 1. The van der Waals surface area contributed by atoms with Crippen molar-refractivity contribution in [3.63, 3.8) is 0 Å². The highest BCUT2D eigenvalue weighted by Gasteiger charge is 2.15. The molecule has 1 heterocycles. The highest BCUT2D eigenvalue weighted by Crippen LogP contribution is 2.34. The largest absolute Gasteiger partial charge is 0.454 e. The summed E-state index contributed by atoms with van der Waals surface area (Å²) >= 11 is 0. The first-order valence-corrected chi connectivity index (χ1v) is 7.52. The second-order valence-corrected chi connectivity index (χ2v) is 5.50. The maximum atomic E-state index is 14.4. The van der Waals surface area contributed by atoms with E-state index in [4.69, 9.17) is 9.47 Å². The molecule has 23 heavy (non-hydrogen) atoms. The number of rotatable bonds is 3. The van der Waals surface area contributed by atoms with E-state index in [1.54, 1.807) is 6.07 Å². The summed E-state index contributed by atoms with van der Waals surface area (Å²) in [6.45, 7) is 0.244. The standard InChI is InChI=1S/C20H15FO2/c21-18-8-4-7-16(15-5-2-1-3-6-15)17(18)11-14-9-10-19-20(12-14)23-13-22-19/h1-10,12H,11,13H2. The molecule has 0 aliphatic carbocycles. The van der Waals surface area contributed by atoms with Crippen LogP contribution in [0, 0.1) is 5.82 Å². The van der Waals surface area contributed by atoms with Crippen LogP contribution in [0.4, 0.5) is 4.39 Å². The lowest BCUT2D eigenvalue weighted by atomic mass is 9.94. The summed E-state index contributed by atoms with van der Waals surface area (Å²) in [7, 11) is 0. The van der Waals surface area contributed by atoms with E-state index in [0.29, 0.717) is 12.0 Å². The predicted octanol–water partition coefficient (Wildman–Crippen LogP) is 4.81. The Bertz CT molecular complexity index is 844. The van der Waals surface area contributed by atoms with Crippen LogP contribution in [0.2, 0.25) is 0 Å². The van der Waals surface area contributed by atoms with Gasteiger partial charge in [-0.15, -0.1) is 0 Å². The molecule has 1 aliphatic rings. The lowest BCUT2D eigenvalue weighted by molar-refractivity contribution is 0.174. The lowest BCUT2D eigenvalue weighted by Gasteiger charge is -2.11. The van der Waals surface area contributed by atoms with Crippen LogP contribution in [0.25, 0.3) is 11.1 Å². The molecule has 0 saturated carbocycles. The van der Waals surface area contributed by atoms with Gasteiger partial charge in [0.25, 0.3) is 0 Å². The van der Waals surface area contributed by atoms with Gasteiger partial charge in [0.1, 0.15) is 5.82 Å². The first-order valence-electron chi connectivity index (χ1n) is 7.52. The van der Waals surface area contributed by atoms with Crippen molar-refractivity contribution < 1.29 is 13.9 Å². The molecule has 0 unspecified atom stereocenters. The van der Waals surface area contributed by atoms with E-state index in [1.165, 1.54) is 6.07 Å². The maximum Gasteiger partial charge on any atom is 0.231 e. The van der Waals surface area contributed by atoms with Gasteiger partial charge in [0.15, 0.2) is 11.5 Å². The molecule has 4 rings (SSSR count). The number of hydrogen-bond acceptors (Lipinski definition) is 2. The van der Waals surface area contributed by atoms with Crippen LogP contribution in [-0.4, -0.2) is 6.79 Å². The van der Waals surface area contributed by atoms with E-state index in [1.807, 2.05) is 54.6 Å². The normalized spacial score (nSPS) is 12.4. The number of ether oxygens (including phenoxy) is 2. The minimum atomic E-state index is -0.191. The molecule has 114 valence electrons. The van der Waals surface area contributed by atoms with Crippen molar-refractivity contribution in [3.05, 3.63) is 83.7 Å². The molecule has 0 amide bonds. The van der Waals surface area contributed by atoms with Gasteiger partial charge in [-0.3, -0.25) is 0 Å². The molecule has 3 aromatic rings. The van der Waals surface area contributed by atoms with Gasteiger partial charge in [-0.05, 0) is 34.9 Å². The van der Waals surface area contributed by atoms with E-state index >= 15 is 0 Å². The highest BCUT2D eigenvalue weighted by molar-refractivity contribution is 5.68. The van der Waals surface area contributed by atoms with Crippen LogP contribution >= 0.6 is 0 Å². The van der Waals surface area contributed by atoms with E-state index in [2.05, 4.69) is 0 Å². The van der Waals surface area contributed by atoms with Crippen LogP contribution < -0.4 is 9.47 Å². The average Bonchev–Trinajstić information content (AvgIpc) is 3.05. The van der Waals surface area contributed by atoms with Crippen molar-refractivity contribution in [2.75, 3.05) is 6.79 Å². The molecule has 3 heteroatoms. The molecular formula is C20H15FO2. The van der Waals surface area contributed by atoms with Gasteiger partial charge in [-0.1, -0.05) is 48.5 Å². The lowest BCUT2D eigenvalue weighted by Crippen LogP contribution is -1.97. The van der Waals surface area contributed by atoms with E-state index in [9.17, 15) is 4.39 Å².